The van der Waals surface area contributed by atoms with E-state index in [-0.39, 0.29) is 0 Å². The summed E-state index contributed by atoms with van der Waals surface area (Å²) < 4.78 is 7.51. The van der Waals surface area contributed by atoms with Crippen LogP contribution in [0.2, 0.25) is 0 Å². The van der Waals surface area contributed by atoms with Crippen molar-refractivity contribution in [3.8, 4) is 17.7 Å². The number of rotatable bonds is 2. The van der Waals surface area contributed by atoms with Crippen LogP contribution in [0, 0.1) is 18.3 Å². The van der Waals surface area contributed by atoms with Crippen molar-refractivity contribution in [2.24, 2.45) is 7.05 Å². The van der Waals surface area contributed by atoms with Crippen molar-refractivity contribution < 1.29 is 4.74 Å². The van der Waals surface area contributed by atoms with E-state index >= 15 is 0 Å². The minimum atomic E-state index is 0.435. The number of aromatic nitrogens is 2. The van der Waals surface area contributed by atoms with Crippen molar-refractivity contribution in [2.75, 3.05) is 5.73 Å². The van der Waals surface area contributed by atoms with Crippen LogP contribution in [-0.4, -0.2) is 9.78 Å². The lowest BCUT2D eigenvalue weighted by molar-refractivity contribution is 0.434. The maximum absolute atomic E-state index is 9.24. The highest BCUT2D eigenvalue weighted by Gasteiger charge is 2.16. The van der Waals surface area contributed by atoms with E-state index in [1.807, 2.05) is 24.3 Å². The Labute approximate surface area is 122 Å². The van der Waals surface area contributed by atoms with Gasteiger partial charge in [0, 0.05) is 23.5 Å². The lowest BCUT2D eigenvalue weighted by atomic mass is 10.1. The van der Waals surface area contributed by atoms with Crippen molar-refractivity contribution in [3.05, 3.63) is 47.7 Å². The molecule has 0 spiro atoms. The van der Waals surface area contributed by atoms with Crippen LogP contribution in [0.4, 0.5) is 5.69 Å². The summed E-state index contributed by atoms with van der Waals surface area (Å²) in [5.41, 5.74) is 7.77. The largest absolute Gasteiger partial charge is 0.437 e. The number of benzene rings is 2. The second-order valence-corrected chi connectivity index (χ2v) is 4.80. The van der Waals surface area contributed by atoms with Crippen LogP contribution >= 0.6 is 0 Å². The van der Waals surface area contributed by atoms with Crippen LogP contribution in [-0.2, 0) is 7.05 Å². The highest BCUT2D eigenvalue weighted by molar-refractivity contribution is 5.97. The van der Waals surface area contributed by atoms with Gasteiger partial charge in [0.15, 0.2) is 0 Å². The zero-order valence-corrected chi connectivity index (χ0v) is 11.8. The quantitative estimate of drug-likeness (QED) is 0.730. The normalized spacial score (nSPS) is 10.5. The van der Waals surface area contributed by atoms with Gasteiger partial charge in [-0.05, 0) is 19.1 Å². The molecule has 3 rings (SSSR count). The Balaban J connectivity index is 2.16. The lowest BCUT2D eigenvalue weighted by Gasteiger charge is -2.10. The van der Waals surface area contributed by atoms with Crippen LogP contribution in [0.3, 0.4) is 0 Å². The smallest absolute Gasteiger partial charge is 0.235 e. The van der Waals surface area contributed by atoms with E-state index in [0.29, 0.717) is 28.6 Å². The second-order valence-electron chi connectivity index (χ2n) is 4.80. The fraction of sp³-hybridized carbons (Fsp3) is 0.125. The molecule has 0 aliphatic rings. The SMILES string of the molecule is Cc1nn(C)c(Oc2ccc(N)c3ccccc23)c1C#N. The molecule has 21 heavy (non-hydrogen) atoms. The van der Waals surface area contributed by atoms with Gasteiger partial charge in [-0.3, -0.25) is 0 Å². The first-order valence-corrected chi connectivity index (χ1v) is 6.50. The molecule has 0 aliphatic heterocycles. The van der Waals surface area contributed by atoms with E-state index in [1.54, 1.807) is 30.8 Å². The maximum atomic E-state index is 9.24. The van der Waals surface area contributed by atoms with Crippen molar-refractivity contribution in [1.82, 2.24) is 9.78 Å². The Morgan fingerprint density at radius 3 is 2.62 bits per heavy atom. The standard InChI is InChI=1S/C16H14N4O/c1-10-13(9-17)16(20(2)19-10)21-15-8-7-14(18)11-5-3-4-6-12(11)15/h3-8H,18H2,1-2H3. The minimum absolute atomic E-state index is 0.435. The monoisotopic (exact) mass is 278 g/mol. The van der Waals surface area contributed by atoms with Crippen molar-refractivity contribution in [3.63, 3.8) is 0 Å². The number of hydrogen-bond acceptors (Lipinski definition) is 4. The molecule has 0 unspecified atom stereocenters. The van der Waals surface area contributed by atoms with Gasteiger partial charge in [0.1, 0.15) is 17.4 Å². The molecule has 0 radical (unpaired) electrons. The first kappa shape index (κ1) is 13.0. The molecule has 0 aliphatic carbocycles. The van der Waals surface area contributed by atoms with Crippen molar-refractivity contribution in [2.45, 2.75) is 6.92 Å². The van der Waals surface area contributed by atoms with E-state index in [1.165, 1.54) is 0 Å². The van der Waals surface area contributed by atoms with Gasteiger partial charge in [-0.15, -0.1) is 0 Å². The van der Waals surface area contributed by atoms with Crippen LogP contribution in [0.5, 0.6) is 11.6 Å². The Morgan fingerprint density at radius 1 is 1.19 bits per heavy atom. The molecular weight excluding hydrogens is 264 g/mol. The van der Waals surface area contributed by atoms with Gasteiger partial charge in [-0.1, -0.05) is 24.3 Å². The Kier molecular flexibility index (Phi) is 2.99. The van der Waals surface area contributed by atoms with Crippen LogP contribution < -0.4 is 10.5 Å². The van der Waals surface area contributed by atoms with E-state index in [9.17, 15) is 5.26 Å². The summed E-state index contributed by atoms with van der Waals surface area (Å²) in [6, 6.07) is 13.5. The predicted molar refractivity (Wildman–Crippen MR) is 81.1 cm³/mol. The van der Waals surface area contributed by atoms with Gasteiger partial charge in [-0.2, -0.15) is 10.4 Å². The number of nitrogen functional groups attached to an aromatic ring is 1. The molecule has 104 valence electrons. The summed E-state index contributed by atoms with van der Waals surface area (Å²) in [4.78, 5) is 0. The average molecular weight is 278 g/mol. The summed E-state index contributed by atoms with van der Waals surface area (Å²) in [7, 11) is 1.75. The number of nitrogens with two attached hydrogens (primary N) is 1. The summed E-state index contributed by atoms with van der Waals surface area (Å²) >= 11 is 0. The molecule has 1 aromatic heterocycles. The van der Waals surface area contributed by atoms with Gasteiger partial charge in [0.25, 0.3) is 0 Å². The van der Waals surface area contributed by atoms with Crippen LogP contribution in [0.25, 0.3) is 10.8 Å². The van der Waals surface area contributed by atoms with Crippen LogP contribution in [0.15, 0.2) is 36.4 Å². The van der Waals surface area contributed by atoms with Gasteiger partial charge in [0.2, 0.25) is 5.88 Å². The number of fused-ring (bicyclic) bond motifs is 1. The third kappa shape index (κ3) is 2.07. The minimum Gasteiger partial charge on any atom is -0.437 e. The van der Waals surface area contributed by atoms with Gasteiger partial charge >= 0.3 is 0 Å². The van der Waals surface area contributed by atoms with Gasteiger partial charge in [-0.25, -0.2) is 4.68 Å². The molecule has 0 atom stereocenters. The molecule has 0 saturated carbocycles. The van der Waals surface area contributed by atoms with Crippen LogP contribution in [0.1, 0.15) is 11.3 Å². The number of nitriles is 1. The highest BCUT2D eigenvalue weighted by Crippen LogP contribution is 2.34. The Hall–Kier alpha value is -3.00. The molecule has 0 fully saturated rings. The topological polar surface area (TPSA) is 76.9 Å². The van der Waals surface area contributed by atoms with E-state index in [2.05, 4.69) is 11.2 Å². The Morgan fingerprint density at radius 2 is 1.90 bits per heavy atom. The zero-order chi connectivity index (χ0) is 15.0. The average Bonchev–Trinajstić information content (AvgIpc) is 2.76. The summed E-state index contributed by atoms with van der Waals surface area (Å²) in [6.07, 6.45) is 0. The molecule has 0 amide bonds. The molecule has 0 saturated heterocycles. The predicted octanol–water partition coefficient (Wildman–Crippen LogP) is 3.13. The fourth-order valence-electron chi connectivity index (χ4n) is 2.37. The first-order chi connectivity index (χ1) is 10.1. The number of ether oxygens (including phenoxy) is 1. The third-order valence-corrected chi connectivity index (χ3v) is 3.41. The molecular formula is C16H14N4O. The molecule has 1 heterocycles. The number of aryl methyl sites for hydroxylation is 2. The van der Waals surface area contributed by atoms with E-state index in [0.717, 1.165) is 10.8 Å². The third-order valence-electron chi connectivity index (χ3n) is 3.41. The Bertz CT molecular complexity index is 874. The van der Waals surface area contributed by atoms with E-state index < -0.39 is 0 Å². The summed E-state index contributed by atoms with van der Waals surface area (Å²) in [5.74, 6) is 1.09. The van der Waals surface area contributed by atoms with Crippen molar-refractivity contribution in [1.29, 1.82) is 5.26 Å². The summed E-state index contributed by atoms with van der Waals surface area (Å²) in [6.45, 7) is 1.78. The molecule has 2 N–H and O–H groups in total. The number of nitrogens with zero attached hydrogens (tertiary/aromatic N) is 3. The molecule has 0 bridgehead atoms. The maximum Gasteiger partial charge on any atom is 0.235 e. The van der Waals surface area contributed by atoms with Gasteiger partial charge in [0.05, 0.1) is 5.69 Å². The fourth-order valence-corrected chi connectivity index (χ4v) is 2.37. The van der Waals surface area contributed by atoms with E-state index in [4.69, 9.17) is 10.5 Å². The molecule has 5 nitrogen and oxygen atoms in total. The number of anilines is 1. The second kappa shape index (κ2) is 4.84. The first-order valence-electron chi connectivity index (χ1n) is 6.50. The lowest BCUT2D eigenvalue weighted by Crippen LogP contribution is -1.97. The highest BCUT2D eigenvalue weighted by atomic mass is 16.5. The number of hydrogen-bond donors (Lipinski definition) is 1. The summed E-state index contributed by atoms with van der Waals surface area (Å²) in [5, 5.41) is 15.3. The molecule has 3 aromatic rings. The molecule has 2 aromatic carbocycles. The van der Waals surface area contributed by atoms with Gasteiger partial charge < -0.3 is 10.5 Å². The molecule has 5 heteroatoms. The zero-order valence-electron chi connectivity index (χ0n) is 11.8. The van der Waals surface area contributed by atoms with Crippen molar-refractivity contribution >= 4 is 16.5 Å².